The van der Waals surface area contributed by atoms with Crippen LogP contribution in [0, 0.1) is 0 Å². The van der Waals surface area contributed by atoms with Crippen LogP contribution in [0.5, 0.6) is 0 Å². The highest BCUT2D eigenvalue weighted by atomic mass is 79.9. The minimum absolute atomic E-state index is 0.366. The molecule has 0 atom stereocenters. The zero-order chi connectivity index (χ0) is 15.4. The van der Waals surface area contributed by atoms with Crippen molar-refractivity contribution in [2.75, 3.05) is 25.0 Å². The van der Waals surface area contributed by atoms with Gasteiger partial charge in [-0.1, -0.05) is 15.9 Å². The number of carbonyl (C=O) groups is 1. The van der Waals surface area contributed by atoms with Crippen molar-refractivity contribution in [3.05, 3.63) is 0 Å². The Balaban J connectivity index is 2.50. The van der Waals surface area contributed by atoms with E-state index in [9.17, 15) is 13.6 Å². The van der Waals surface area contributed by atoms with Crippen molar-refractivity contribution in [1.82, 2.24) is 4.90 Å². The third-order valence-electron chi connectivity index (χ3n) is 3.09. The Labute approximate surface area is 126 Å². The molecule has 1 aliphatic heterocycles. The fraction of sp³-hybridized carbons (Fsp3) is 0.923. The summed E-state index contributed by atoms with van der Waals surface area (Å²) < 4.78 is 35.2. The van der Waals surface area contributed by atoms with E-state index in [0.29, 0.717) is 31.3 Å². The van der Waals surface area contributed by atoms with Crippen molar-refractivity contribution in [2.24, 2.45) is 0 Å². The second-order valence-corrected chi connectivity index (χ2v) is 6.55. The van der Waals surface area contributed by atoms with Crippen molar-refractivity contribution >= 4 is 22.0 Å². The van der Waals surface area contributed by atoms with Gasteiger partial charge in [0.15, 0.2) is 0 Å². The first-order valence-electron chi connectivity index (χ1n) is 6.63. The van der Waals surface area contributed by atoms with Crippen LogP contribution < -0.4 is 0 Å². The number of rotatable bonds is 4. The van der Waals surface area contributed by atoms with Gasteiger partial charge in [-0.25, -0.2) is 13.6 Å². The molecule has 20 heavy (non-hydrogen) atoms. The molecule has 1 rings (SSSR count). The second-order valence-electron chi connectivity index (χ2n) is 5.99. The highest BCUT2D eigenvalue weighted by molar-refractivity contribution is 9.09. The highest BCUT2D eigenvalue weighted by Gasteiger charge is 2.37. The van der Waals surface area contributed by atoms with Gasteiger partial charge in [-0.2, -0.15) is 0 Å². The molecule has 1 saturated heterocycles. The first kappa shape index (κ1) is 17.6. The van der Waals surface area contributed by atoms with E-state index in [1.807, 2.05) is 20.8 Å². The third kappa shape index (κ3) is 5.52. The number of carbonyl (C=O) groups excluding carboxylic acids is 1. The minimum Gasteiger partial charge on any atom is -0.444 e. The number of amides is 1. The number of nitrogens with zero attached hydrogens (tertiary/aromatic N) is 1. The van der Waals surface area contributed by atoms with E-state index in [1.165, 1.54) is 0 Å². The lowest BCUT2D eigenvalue weighted by molar-refractivity contribution is -0.102. The number of ether oxygens (including phenoxy) is 2. The molecular weight excluding hydrogens is 336 g/mol. The average Bonchev–Trinajstić information content (AvgIpc) is 2.35. The summed E-state index contributed by atoms with van der Waals surface area (Å²) in [7, 11) is 0. The van der Waals surface area contributed by atoms with Gasteiger partial charge in [0.05, 0.1) is 5.60 Å². The van der Waals surface area contributed by atoms with Crippen LogP contribution in [-0.4, -0.2) is 53.6 Å². The normalized spacial score (nSPS) is 19.2. The van der Waals surface area contributed by atoms with Crippen LogP contribution in [-0.2, 0) is 9.47 Å². The number of hydrogen-bond acceptors (Lipinski definition) is 3. The standard InChI is InChI=1S/C13H22BrF2NO3/c1-12(2,3)20-11(18)17-6-4-13(9-14,5-7-17)19-8-10(15)16/h10H,4-9H2,1-3H3. The molecule has 0 saturated carbocycles. The summed E-state index contributed by atoms with van der Waals surface area (Å²) in [6, 6.07) is 0. The van der Waals surface area contributed by atoms with Crippen LogP contribution in [0.3, 0.4) is 0 Å². The van der Waals surface area contributed by atoms with Crippen LogP contribution in [0.15, 0.2) is 0 Å². The van der Waals surface area contributed by atoms with Crippen molar-refractivity contribution in [3.63, 3.8) is 0 Å². The topological polar surface area (TPSA) is 38.8 Å². The van der Waals surface area contributed by atoms with Gasteiger partial charge in [0.1, 0.15) is 12.2 Å². The maximum atomic E-state index is 12.3. The molecule has 1 amide bonds. The summed E-state index contributed by atoms with van der Waals surface area (Å²) in [4.78, 5) is 13.5. The maximum Gasteiger partial charge on any atom is 0.410 e. The molecule has 0 N–H and O–H groups in total. The van der Waals surface area contributed by atoms with E-state index in [4.69, 9.17) is 9.47 Å². The first-order chi connectivity index (χ1) is 9.17. The number of likely N-dealkylation sites (tertiary alicyclic amines) is 1. The SMILES string of the molecule is CC(C)(C)OC(=O)N1CCC(CBr)(OCC(F)F)CC1. The van der Waals surface area contributed by atoms with Crippen LogP contribution in [0.2, 0.25) is 0 Å². The predicted molar refractivity (Wildman–Crippen MR) is 75.5 cm³/mol. The summed E-state index contributed by atoms with van der Waals surface area (Å²) in [5.74, 6) is 0. The van der Waals surface area contributed by atoms with Crippen LogP contribution in [0.25, 0.3) is 0 Å². The molecule has 0 aromatic carbocycles. The van der Waals surface area contributed by atoms with Crippen LogP contribution in [0.1, 0.15) is 33.6 Å². The molecular formula is C13H22BrF2NO3. The Morgan fingerprint density at radius 3 is 2.30 bits per heavy atom. The van der Waals surface area contributed by atoms with E-state index in [0.717, 1.165) is 0 Å². The largest absolute Gasteiger partial charge is 0.444 e. The lowest BCUT2D eigenvalue weighted by Gasteiger charge is -2.40. The molecule has 1 aliphatic rings. The molecule has 0 radical (unpaired) electrons. The quantitative estimate of drug-likeness (QED) is 0.723. The smallest absolute Gasteiger partial charge is 0.410 e. The zero-order valence-electron chi connectivity index (χ0n) is 12.1. The predicted octanol–water partition coefficient (Wildman–Crippen LogP) is 3.43. The van der Waals surface area contributed by atoms with Gasteiger partial charge in [-0.15, -0.1) is 0 Å². The number of hydrogen-bond donors (Lipinski definition) is 0. The van der Waals surface area contributed by atoms with Gasteiger partial charge in [-0.3, -0.25) is 0 Å². The number of alkyl halides is 3. The number of piperidine rings is 1. The summed E-state index contributed by atoms with van der Waals surface area (Å²) in [5.41, 5.74) is -1.15. The van der Waals surface area contributed by atoms with E-state index in [-0.39, 0.29) is 6.09 Å². The summed E-state index contributed by atoms with van der Waals surface area (Å²) in [6.45, 7) is 5.75. The van der Waals surface area contributed by atoms with Crippen molar-refractivity contribution in [3.8, 4) is 0 Å². The zero-order valence-corrected chi connectivity index (χ0v) is 13.7. The van der Waals surface area contributed by atoms with Gasteiger partial charge >= 0.3 is 6.09 Å². The van der Waals surface area contributed by atoms with Crippen molar-refractivity contribution in [2.45, 2.75) is 51.2 Å². The Hall–Kier alpha value is -0.430. The summed E-state index contributed by atoms with van der Waals surface area (Å²) in [6.07, 6.45) is -1.81. The van der Waals surface area contributed by atoms with Gasteiger partial charge < -0.3 is 14.4 Å². The molecule has 0 bridgehead atoms. The molecule has 7 heteroatoms. The van der Waals surface area contributed by atoms with Gasteiger partial charge in [0, 0.05) is 18.4 Å². The van der Waals surface area contributed by atoms with E-state index in [1.54, 1.807) is 4.90 Å². The molecule has 4 nitrogen and oxygen atoms in total. The fourth-order valence-electron chi connectivity index (χ4n) is 1.98. The Kier molecular flexibility index (Phi) is 6.19. The van der Waals surface area contributed by atoms with Crippen LogP contribution >= 0.6 is 15.9 Å². The average molecular weight is 358 g/mol. The van der Waals surface area contributed by atoms with Crippen molar-refractivity contribution in [1.29, 1.82) is 0 Å². The summed E-state index contributed by atoms with van der Waals surface area (Å²) >= 11 is 3.32. The molecule has 0 aromatic rings. The highest BCUT2D eigenvalue weighted by Crippen LogP contribution is 2.29. The monoisotopic (exact) mass is 357 g/mol. The molecule has 0 aliphatic carbocycles. The molecule has 1 fully saturated rings. The minimum atomic E-state index is -2.48. The molecule has 0 spiro atoms. The van der Waals surface area contributed by atoms with Gasteiger partial charge in [0.25, 0.3) is 6.43 Å². The fourth-order valence-corrected chi connectivity index (χ4v) is 2.70. The van der Waals surface area contributed by atoms with Gasteiger partial charge in [0.2, 0.25) is 0 Å². The lowest BCUT2D eigenvalue weighted by atomic mass is 9.93. The van der Waals surface area contributed by atoms with E-state index >= 15 is 0 Å². The van der Waals surface area contributed by atoms with E-state index in [2.05, 4.69) is 15.9 Å². The molecule has 0 unspecified atom stereocenters. The third-order valence-corrected chi connectivity index (χ3v) is 4.11. The Morgan fingerprint density at radius 2 is 1.90 bits per heavy atom. The Bertz CT molecular complexity index is 326. The van der Waals surface area contributed by atoms with E-state index < -0.39 is 24.2 Å². The molecule has 118 valence electrons. The second kappa shape index (κ2) is 7.02. The Morgan fingerprint density at radius 1 is 1.35 bits per heavy atom. The molecule has 1 heterocycles. The van der Waals surface area contributed by atoms with Crippen LogP contribution in [0.4, 0.5) is 13.6 Å². The lowest BCUT2D eigenvalue weighted by Crippen LogP contribution is -2.50. The number of halogens is 3. The summed E-state index contributed by atoms with van der Waals surface area (Å²) in [5, 5.41) is 0.481. The first-order valence-corrected chi connectivity index (χ1v) is 7.76. The molecule has 0 aromatic heterocycles. The van der Waals surface area contributed by atoms with Gasteiger partial charge in [-0.05, 0) is 33.6 Å². The van der Waals surface area contributed by atoms with Crippen molar-refractivity contribution < 1.29 is 23.0 Å². The maximum absolute atomic E-state index is 12.3.